The summed E-state index contributed by atoms with van der Waals surface area (Å²) < 4.78 is 48.6. The van der Waals surface area contributed by atoms with Crippen LogP contribution in [-0.2, 0) is 15.7 Å². The Morgan fingerprint density at radius 1 is 1.39 bits per heavy atom. The van der Waals surface area contributed by atoms with E-state index >= 15 is 0 Å². The van der Waals surface area contributed by atoms with Crippen molar-refractivity contribution in [2.75, 3.05) is 19.8 Å². The van der Waals surface area contributed by atoms with Crippen molar-refractivity contribution in [3.8, 4) is 0 Å². The van der Waals surface area contributed by atoms with Gasteiger partial charge < -0.3 is 14.6 Å². The van der Waals surface area contributed by atoms with Crippen molar-refractivity contribution in [1.82, 2.24) is 4.98 Å². The molecule has 1 aliphatic rings. The number of nitrogens with zero attached hydrogens (tertiary/aromatic N) is 1. The maximum atomic E-state index is 12.8. The summed E-state index contributed by atoms with van der Waals surface area (Å²) in [5.41, 5.74) is -1.19. The number of rotatable bonds is 2. The second-order valence-corrected chi connectivity index (χ2v) is 3.89. The predicted octanol–water partition coefficient (Wildman–Crippen LogP) is 1.55. The van der Waals surface area contributed by atoms with Gasteiger partial charge in [-0.3, -0.25) is 4.98 Å². The standard InChI is InChI=1S/C11H12F3NO3/c12-11(13,14)8-1-2-15-5-7(8)10(16)9-6-17-3-4-18-9/h1-2,5,9-10,16H,3-4,6H2. The second kappa shape index (κ2) is 5.21. The molecule has 7 heteroatoms. The van der Waals surface area contributed by atoms with Crippen molar-refractivity contribution in [3.63, 3.8) is 0 Å². The maximum absolute atomic E-state index is 12.8. The number of aliphatic hydroxyl groups excluding tert-OH is 1. The second-order valence-electron chi connectivity index (χ2n) is 3.89. The van der Waals surface area contributed by atoms with Gasteiger partial charge >= 0.3 is 6.18 Å². The summed E-state index contributed by atoms with van der Waals surface area (Å²) in [7, 11) is 0. The van der Waals surface area contributed by atoms with Crippen molar-refractivity contribution >= 4 is 0 Å². The number of aromatic nitrogens is 1. The third-order valence-electron chi connectivity index (χ3n) is 2.67. The van der Waals surface area contributed by atoms with E-state index in [0.29, 0.717) is 6.61 Å². The van der Waals surface area contributed by atoms with Gasteiger partial charge in [-0.2, -0.15) is 13.2 Å². The third kappa shape index (κ3) is 2.80. The van der Waals surface area contributed by atoms with E-state index in [1.807, 2.05) is 0 Å². The van der Waals surface area contributed by atoms with Crippen molar-refractivity contribution in [3.05, 3.63) is 29.6 Å². The van der Waals surface area contributed by atoms with Crippen LogP contribution in [0.5, 0.6) is 0 Å². The summed E-state index contributed by atoms with van der Waals surface area (Å²) in [6.07, 6.45) is -4.70. The van der Waals surface area contributed by atoms with Gasteiger partial charge in [-0.25, -0.2) is 0 Å². The van der Waals surface area contributed by atoms with Crippen molar-refractivity contribution in [1.29, 1.82) is 0 Å². The molecular formula is C11H12F3NO3. The molecule has 1 N–H and O–H groups in total. The Labute approximate surface area is 101 Å². The highest BCUT2D eigenvalue weighted by Crippen LogP contribution is 2.35. The molecule has 0 aromatic carbocycles. The van der Waals surface area contributed by atoms with E-state index in [4.69, 9.17) is 9.47 Å². The quantitative estimate of drug-likeness (QED) is 0.879. The minimum absolute atomic E-state index is 0.0629. The highest BCUT2D eigenvalue weighted by Gasteiger charge is 2.37. The molecule has 1 aliphatic heterocycles. The van der Waals surface area contributed by atoms with Crippen LogP contribution in [0.15, 0.2) is 18.5 Å². The van der Waals surface area contributed by atoms with Gasteiger partial charge in [0.05, 0.1) is 25.4 Å². The molecule has 0 bridgehead atoms. The molecule has 0 amide bonds. The van der Waals surface area contributed by atoms with Crippen LogP contribution < -0.4 is 0 Å². The molecule has 0 radical (unpaired) electrons. The first-order chi connectivity index (χ1) is 8.50. The van der Waals surface area contributed by atoms with E-state index in [1.165, 1.54) is 0 Å². The van der Waals surface area contributed by atoms with Crippen LogP contribution in [0.1, 0.15) is 17.2 Å². The zero-order valence-electron chi connectivity index (χ0n) is 9.35. The fourth-order valence-corrected chi connectivity index (χ4v) is 1.79. The van der Waals surface area contributed by atoms with E-state index < -0.39 is 23.9 Å². The molecular weight excluding hydrogens is 251 g/mol. The summed E-state index contributed by atoms with van der Waals surface area (Å²) in [6, 6.07) is 0.836. The number of ether oxygens (including phenoxy) is 2. The van der Waals surface area contributed by atoms with E-state index in [9.17, 15) is 18.3 Å². The van der Waals surface area contributed by atoms with Gasteiger partial charge in [0, 0.05) is 18.0 Å². The van der Waals surface area contributed by atoms with E-state index in [0.717, 1.165) is 18.5 Å². The Morgan fingerprint density at radius 2 is 2.17 bits per heavy atom. The van der Waals surface area contributed by atoms with E-state index in [2.05, 4.69) is 4.98 Å². The fraction of sp³-hybridized carbons (Fsp3) is 0.545. The largest absolute Gasteiger partial charge is 0.416 e. The predicted molar refractivity (Wildman–Crippen MR) is 54.8 cm³/mol. The minimum atomic E-state index is -4.53. The van der Waals surface area contributed by atoms with Crippen LogP contribution >= 0.6 is 0 Å². The first-order valence-corrected chi connectivity index (χ1v) is 5.38. The van der Waals surface area contributed by atoms with Crippen LogP contribution in [0, 0.1) is 0 Å². The molecule has 2 atom stereocenters. The fourth-order valence-electron chi connectivity index (χ4n) is 1.79. The number of pyridine rings is 1. The zero-order valence-corrected chi connectivity index (χ0v) is 9.35. The van der Waals surface area contributed by atoms with E-state index in [1.54, 1.807) is 0 Å². The number of aliphatic hydroxyl groups is 1. The Bertz CT molecular complexity index is 405. The Kier molecular flexibility index (Phi) is 3.84. The average Bonchev–Trinajstić information content (AvgIpc) is 2.38. The highest BCUT2D eigenvalue weighted by atomic mass is 19.4. The maximum Gasteiger partial charge on any atom is 0.416 e. The molecule has 18 heavy (non-hydrogen) atoms. The molecule has 2 rings (SSSR count). The van der Waals surface area contributed by atoms with Crippen molar-refractivity contribution in [2.24, 2.45) is 0 Å². The number of hydrogen-bond acceptors (Lipinski definition) is 4. The van der Waals surface area contributed by atoms with Gasteiger partial charge in [-0.1, -0.05) is 0 Å². The molecule has 0 saturated carbocycles. The molecule has 2 unspecified atom stereocenters. The van der Waals surface area contributed by atoms with Crippen LogP contribution in [0.2, 0.25) is 0 Å². The lowest BCUT2D eigenvalue weighted by Gasteiger charge is -2.28. The lowest BCUT2D eigenvalue weighted by Crippen LogP contribution is -2.34. The summed E-state index contributed by atoms with van der Waals surface area (Å²) in [5.74, 6) is 0. The van der Waals surface area contributed by atoms with Gasteiger partial charge in [0.2, 0.25) is 0 Å². The van der Waals surface area contributed by atoms with Gasteiger partial charge in [0.15, 0.2) is 0 Å². The summed E-state index contributed by atoms with van der Waals surface area (Å²) in [5, 5.41) is 9.94. The Hall–Kier alpha value is -1.18. The molecule has 0 aliphatic carbocycles. The zero-order chi connectivity index (χ0) is 13.2. The van der Waals surface area contributed by atoms with Gasteiger partial charge in [0.25, 0.3) is 0 Å². The molecule has 1 fully saturated rings. The average molecular weight is 263 g/mol. The van der Waals surface area contributed by atoms with E-state index in [-0.39, 0.29) is 18.8 Å². The Morgan fingerprint density at radius 3 is 2.78 bits per heavy atom. The topological polar surface area (TPSA) is 51.6 Å². The molecule has 0 spiro atoms. The third-order valence-corrected chi connectivity index (χ3v) is 2.67. The summed E-state index contributed by atoms with van der Waals surface area (Å²) in [6.45, 7) is 0.694. The SMILES string of the molecule is OC(c1cnccc1C(F)(F)F)C1COCCO1. The summed E-state index contributed by atoms with van der Waals surface area (Å²) >= 11 is 0. The minimum Gasteiger partial charge on any atom is -0.386 e. The number of halogens is 3. The number of alkyl halides is 3. The van der Waals surface area contributed by atoms with Crippen LogP contribution in [0.4, 0.5) is 13.2 Å². The normalized spacial score (nSPS) is 22.8. The van der Waals surface area contributed by atoms with Crippen LogP contribution in [0.25, 0.3) is 0 Å². The molecule has 1 aromatic rings. The monoisotopic (exact) mass is 263 g/mol. The summed E-state index contributed by atoms with van der Waals surface area (Å²) in [4.78, 5) is 3.62. The lowest BCUT2D eigenvalue weighted by atomic mass is 10.0. The molecule has 100 valence electrons. The first kappa shape index (κ1) is 13.3. The number of hydrogen-bond donors (Lipinski definition) is 1. The smallest absolute Gasteiger partial charge is 0.386 e. The van der Waals surface area contributed by atoms with Crippen LogP contribution in [0.3, 0.4) is 0 Å². The molecule has 2 heterocycles. The van der Waals surface area contributed by atoms with Gasteiger partial charge in [-0.15, -0.1) is 0 Å². The Balaban J connectivity index is 2.26. The highest BCUT2D eigenvalue weighted by molar-refractivity contribution is 5.29. The molecule has 4 nitrogen and oxygen atoms in total. The van der Waals surface area contributed by atoms with Gasteiger partial charge in [-0.05, 0) is 6.07 Å². The van der Waals surface area contributed by atoms with Crippen molar-refractivity contribution in [2.45, 2.75) is 18.4 Å². The molecule has 1 aromatic heterocycles. The van der Waals surface area contributed by atoms with Gasteiger partial charge in [0.1, 0.15) is 12.2 Å². The first-order valence-electron chi connectivity index (χ1n) is 5.38. The molecule has 1 saturated heterocycles. The lowest BCUT2D eigenvalue weighted by molar-refractivity contribution is -0.148. The van der Waals surface area contributed by atoms with Crippen LogP contribution in [-0.4, -0.2) is 36.0 Å². The van der Waals surface area contributed by atoms with Crippen molar-refractivity contribution < 1.29 is 27.8 Å².